The van der Waals surface area contributed by atoms with Gasteiger partial charge >= 0.3 is 5.97 Å². The van der Waals surface area contributed by atoms with Gasteiger partial charge in [-0.25, -0.2) is 18.6 Å². The molecule has 0 radical (unpaired) electrons. The highest BCUT2D eigenvalue weighted by molar-refractivity contribution is 6.31. The number of hydrogen-bond donors (Lipinski definition) is 1. The topological polar surface area (TPSA) is 59.4 Å². The maximum Gasteiger partial charge on any atom is 0.354 e. The van der Waals surface area contributed by atoms with E-state index in [-0.39, 0.29) is 17.9 Å². The summed E-state index contributed by atoms with van der Waals surface area (Å²) in [7, 11) is 0. The van der Waals surface area contributed by atoms with E-state index in [0.717, 1.165) is 0 Å². The van der Waals surface area contributed by atoms with Crippen molar-refractivity contribution in [2.24, 2.45) is 0 Å². The van der Waals surface area contributed by atoms with Crippen molar-refractivity contribution >= 4 is 17.6 Å². The highest BCUT2D eigenvalue weighted by Crippen LogP contribution is 2.38. The van der Waals surface area contributed by atoms with Gasteiger partial charge in [-0.1, -0.05) is 48.0 Å². The number of rotatable bonds is 6. The van der Waals surface area contributed by atoms with Crippen LogP contribution in [-0.2, 0) is 6.61 Å². The fourth-order valence-electron chi connectivity index (χ4n) is 3.30. The predicted molar refractivity (Wildman–Crippen MR) is 118 cm³/mol. The lowest BCUT2D eigenvalue weighted by atomic mass is 9.96. The van der Waals surface area contributed by atoms with Crippen molar-refractivity contribution in [3.8, 4) is 28.1 Å². The van der Waals surface area contributed by atoms with Crippen LogP contribution in [0, 0.1) is 11.6 Å². The molecule has 1 N–H and O–H groups in total. The van der Waals surface area contributed by atoms with Crippen LogP contribution in [-0.4, -0.2) is 16.1 Å². The minimum atomic E-state index is -1.14. The number of nitrogens with zero attached hydrogens (tertiary/aromatic N) is 1. The molecule has 1 aromatic heterocycles. The van der Waals surface area contributed by atoms with Gasteiger partial charge in [-0.15, -0.1) is 0 Å². The fraction of sp³-hybridized carbons (Fsp3) is 0.0400. The Morgan fingerprint density at radius 3 is 2.28 bits per heavy atom. The first-order valence-electron chi connectivity index (χ1n) is 9.59. The number of carboxylic acids is 1. The summed E-state index contributed by atoms with van der Waals surface area (Å²) in [4.78, 5) is 15.6. The summed E-state index contributed by atoms with van der Waals surface area (Å²) in [5.41, 5.74) is 2.08. The fourth-order valence-corrected chi connectivity index (χ4v) is 3.48. The molecule has 0 saturated carbocycles. The van der Waals surface area contributed by atoms with Gasteiger partial charge in [0.15, 0.2) is 0 Å². The zero-order valence-electron chi connectivity index (χ0n) is 16.6. The quantitative estimate of drug-likeness (QED) is 0.357. The molecule has 0 unspecified atom stereocenters. The van der Waals surface area contributed by atoms with Gasteiger partial charge in [0.1, 0.15) is 29.7 Å². The molecule has 0 atom stereocenters. The Kier molecular flexibility index (Phi) is 6.14. The molecule has 4 rings (SSSR count). The van der Waals surface area contributed by atoms with E-state index in [1.54, 1.807) is 48.5 Å². The Bertz CT molecular complexity index is 1290. The van der Waals surface area contributed by atoms with Crippen LogP contribution < -0.4 is 4.74 Å². The minimum Gasteiger partial charge on any atom is -0.488 e. The molecule has 0 fully saturated rings. The van der Waals surface area contributed by atoms with E-state index in [1.807, 2.05) is 6.07 Å². The number of hydrogen-bond acceptors (Lipinski definition) is 3. The maximum absolute atomic E-state index is 14.0. The number of ether oxygens (including phenoxy) is 1. The zero-order chi connectivity index (χ0) is 22.7. The lowest BCUT2D eigenvalue weighted by Gasteiger charge is -2.16. The number of benzene rings is 3. The number of aromatic carboxylic acids is 1. The average Bonchev–Trinajstić information content (AvgIpc) is 2.79. The summed E-state index contributed by atoms with van der Waals surface area (Å²) >= 11 is 6.23. The second kappa shape index (κ2) is 9.16. The van der Waals surface area contributed by atoms with Crippen LogP contribution in [0.4, 0.5) is 8.78 Å². The largest absolute Gasteiger partial charge is 0.488 e. The molecule has 0 amide bonds. The first-order valence-corrected chi connectivity index (χ1v) is 9.97. The standard InChI is InChI=1S/C25H16ClF2NO3/c26-15-11-12-24(32-14-19-20(27)7-3-8-21(19)28)18(13-15)16-5-1-2-6-17(16)22-9-4-10-23(29-22)25(30)31/h1-13H,14H2,(H,30,31). The molecule has 3 aromatic carbocycles. The van der Waals surface area contributed by atoms with E-state index >= 15 is 0 Å². The van der Waals surface area contributed by atoms with Crippen molar-refractivity contribution in [2.45, 2.75) is 6.61 Å². The number of pyridine rings is 1. The second-order valence-electron chi connectivity index (χ2n) is 6.89. The monoisotopic (exact) mass is 451 g/mol. The Labute approximate surface area is 187 Å². The molecule has 1 heterocycles. The highest BCUT2D eigenvalue weighted by atomic mass is 35.5. The van der Waals surface area contributed by atoms with Crippen molar-refractivity contribution < 1.29 is 23.4 Å². The Balaban J connectivity index is 1.78. The van der Waals surface area contributed by atoms with Crippen LogP contribution in [0.5, 0.6) is 5.75 Å². The first kappa shape index (κ1) is 21.5. The summed E-state index contributed by atoms with van der Waals surface area (Å²) in [5.74, 6) is -2.17. The lowest BCUT2D eigenvalue weighted by molar-refractivity contribution is 0.0690. The predicted octanol–water partition coefficient (Wildman–Crippen LogP) is 6.62. The molecule has 0 spiro atoms. The minimum absolute atomic E-state index is 0.0881. The first-order chi connectivity index (χ1) is 15.4. The number of aromatic nitrogens is 1. The molecule has 0 aliphatic heterocycles. The van der Waals surface area contributed by atoms with E-state index in [4.69, 9.17) is 16.3 Å². The maximum atomic E-state index is 14.0. The molecular formula is C25H16ClF2NO3. The molecule has 160 valence electrons. The summed E-state index contributed by atoms with van der Waals surface area (Å²) in [6.07, 6.45) is 0. The van der Waals surface area contributed by atoms with Gasteiger partial charge < -0.3 is 9.84 Å². The molecule has 0 bridgehead atoms. The van der Waals surface area contributed by atoms with Gasteiger partial charge in [0, 0.05) is 16.1 Å². The molecule has 0 aliphatic rings. The van der Waals surface area contributed by atoms with Crippen LogP contribution >= 0.6 is 11.6 Å². The van der Waals surface area contributed by atoms with E-state index in [2.05, 4.69) is 4.98 Å². The second-order valence-corrected chi connectivity index (χ2v) is 7.32. The molecule has 0 saturated heterocycles. The highest BCUT2D eigenvalue weighted by Gasteiger charge is 2.16. The average molecular weight is 452 g/mol. The molecule has 32 heavy (non-hydrogen) atoms. The molecule has 7 heteroatoms. The van der Waals surface area contributed by atoms with Gasteiger partial charge in [-0.05, 0) is 48.0 Å². The number of carbonyl (C=O) groups is 1. The van der Waals surface area contributed by atoms with Gasteiger partial charge in [0.05, 0.1) is 11.3 Å². The normalized spacial score (nSPS) is 10.7. The summed E-state index contributed by atoms with van der Waals surface area (Å²) < 4.78 is 33.9. The third-order valence-corrected chi connectivity index (χ3v) is 5.07. The van der Waals surface area contributed by atoms with Crippen molar-refractivity contribution in [2.75, 3.05) is 0 Å². The third-order valence-electron chi connectivity index (χ3n) is 4.84. The van der Waals surface area contributed by atoms with Crippen LogP contribution in [0.3, 0.4) is 0 Å². The van der Waals surface area contributed by atoms with Crippen molar-refractivity contribution in [3.05, 3.63) is 107 Å². The van der Waals surface area contributed by atoms with Crippen LogP contribution in [0.1, 0.15) is 16.1 Å². The van der Waals surface area contributed by atoms with Crippen molar-refractivity contribution in [1.29, 1.82) is 0 Å². The third kappa shape index (κ3) is 4.45. The smallest absolute Gasteiger partial charge is 0.354 e. The van der Waals surface area contributed by atoms with Gasteiger partial charge in [0.25, 0.3) is 0 Å². The van der Waals surface area contributed by atoms with Crippen molar-refractivity contribution in [3.63, 3.8) is 0 Å². The molecule has 4 aromatic rings. The number of carboxylic acid groups (broad SMARTS) is 1. The van der Waals surface area contributed by atoms with Crippen molar-refractivity contribution in [1.82, 2.24) is 4.98 Å². The molecule has 0 aliphatic carbocycles. The Hall–Kier alpha value is -3.77. The van der Waals surface area contributed by atoms with Crippen LogP contribution in [0.2, 0.25) is 5.02 Å². The summed E-state index contributed by atoms with van der Waals surface area (Å²) in [6, 6.07) is 20.5. The van der Waals surface area contributed by atoms with E-state index in [1.165, 1.54) is 24.3 Å². The zero-order valence-corrected chi connectivity index (χ0v) is 17.3. The summed E-state index contributed by atoms with van der Waals surface area (Å²) in [6.45, 7) is -0.317. The Morgan fingerprint density at radius 1 is 0.875 bits per heavy atom. The van der Waals surface area contributed by atoms with E-state index < -0.39 is 17.6 Å². The number of halogens is 3. The van der Waals surface area contributed by atoms with E-state index in [9.17, 15) is 18.7 Å². The Morgan fingerprint density at radius 2 is 1.56 bits per heavy atom. The molecule has 4 nitrogen and oxygen atoms in total. The summed E-state index contributed by atoms with van der Waals surface area (Å²) in [5, 5.41) is 9.72. The van der Waals surface area contributed by atoms with Gasteiger partial charge in [0.2, 0.25) is 0 Å². The van der Waals surface area contributed by atoms with Gasteiger partial charge in [-0.2, -0.15) is 0 Å². The van der Waals surface area contributed by atoms with E-state index in [0.29, 0.717) is 33.2 Å². The SMILES string of the molecule is O=C(O)c1cccc(-c2ccccc2-c2cc(Cl)ccc2OCc2c(F)cccc2F)n1. The van der Waals surface area contributed by atoms with Crippen LogP contribution in [0.15, 0.2) is 78.9 Å². The van der Waals surface area contributed by atoms with Gasteiger partial charge in [-0.3, -0.25) is 0 Å². The lowest BCUT2D eigenvalue weighted by Crippen LogP contribution is -2.03. The molecular weight excluding hydrogens is 436 g/mol. The van der Waals surface area contributed by atoms with Crippen LogP contribution in [0.25, 0.3) is 22.4 Å².